The number of nitrogens with zero attached hydrogens (tertiary/aromatic N) is 1. The molecule has 1 heterocycles. The number of oxazole rings is 1. The van der Waals surface area contributed by atoms with E-state index in [1.807, 2.05) is 0 Å². The molecule has 0 spiro atoms. The molecule has 2 rings (SSSR count). The van der Waals surface area contributed by atoms with Crippen LogP contribution in [0.3, 0.4) is 0 Å². The fraction of sp³-hybridized carbons (Fsp3) is 0.0833. The van der Waals surface area contributed by atoms with Crippen LogP contribution >= 0.6 is 0 Å². The van der Waals surface area contributed by atoms with Gasteiger partial charge in [-0.1, -0.05) is 6.07 Å². The lowest BCUT2D eigenvalue weighted by Crippen LogP contribution is -2.45. The smallest absolute Gasteiger partial charge is 0.298 e. The molecule has 0 radical (unpaired) electrons. The lowest BCUT2D eigenvalue weighted by molar-refractivity contribution is -0.121. The predicted octanol–water partition coefficient (Wildman–Crippen LogP) is -0.256. The number of carbonyl (C=O) groups is 2. The number of benzene rings is 1. The molecule has 0 aliphatic heterocycles. The summed E-state index contributed by atoms with van der Waals surface area (Å²) in [6.07, 6.45) is 1.89. The summed E-state index contributed by atoms with van der Waals surface area (Å²) in [7, 11) is -4.47. The summed E-state index contributed by atoms with van der Waals surface area (Å²) >= 11 is 0. The van der Waals surface area contributed by atoms with Crippen molar-refractivity contribution in [3.05, 3.63) is 53.7 Å². The Morgan fingerprint density at radius 1 is 1.29 bits per heavy atom. The van der Waals surface area contributed by atoms with Gasteiger partial charge in [-0.15, -0.1) is 0 Å². The Hall–Kier alpha value is -2.86. The number of hydrogen-bond acceptors (Lipinski definition) is 6. The molecule has 0 aliphatic carbocycles. The topological polar surface area (TPSA) is 144 Å². The van der Waals surface area contributed by atoms with Gasteiger partial charge in [-0.25, -0.2) is 23.6 Å². The third kappa shape index (κ3) is 4.33. The van der Waals surface area contributed by atoms with E-state index in [9.17, 15) is 26.8 Å². The molecule has 1 aromatic heterocycles. The molecular formula is C12H10F2N4O5S. The summed E-state index contributed by atoms with van der Waals surface area (Å²) in [6.45, 7) is 0. The summed E-state index contributed by atoms with van der Waals surface area (Å²) in [5.74, 6) is -4.41. The zero-order valence-corrected chi connectivity index (χ0v) is 12.5. The fourth-order valence-electron chi connectivity index (χ4n) is 1.75. The first-order valence-corrected chi connectivity index (χ1v) is 7.70. The van der Waals surface area contributed by atoms with E-state index in [-0.39, 0.29) is 5.69 Å². The Balaban J connectivity index is 2.37. The molecule has 12 heteroatoms. The van der Waals surface area contributed by atoms with Crippen molar-refractivity contribution < 1.29 is 31.2 Å². The largest absolute Gasteiger partial charge is 0.451 e. The number of aromatic nitrogens is 1. The van der Waals surface area contributed by atoms with Crippen molar-refractivity contribution in [2.45, 2.75) is 6.04 Å². The normalized spacial score (nSPS) is 12.5. The molecule has 0 saturated heterocycles. The molecule has 4 N–H and O–H groups in total. The van der Waals surface area contributed by atoms with E-state index in [1.54, 1.807) is 0 Å². The Morgan fingerprint density at radius 3 is 2.54 bits per heavy atom. The van der Waals surface area contributed by atoms with Gasteiger partial charge in [0.25, 0.3) is 22.0 Å². The lowest BCUT2D eigenvalue weighted by atomic mass is 10.1. The summed E-state index contributed by atoms with van der Waals surface area (Å²) in [4.78, 5) is 27.5. The maximum atomic E-state index is 13.9. The summed E-state index contributed by atoms with van der Waals surface area (Å²) in [5.41, 5.74) is -0.722. The number of halogens is 2. The fourth-order valence-corrected chi connectivity index (χ4v) is 2.15. The van der Waals surface area contributed by atoms with Crippen LogP contribution in [0.2, 0.25) is 0 Å². The zero-order valence-electron chi connectivity index (χ0n) is 11.7. The Kier molecular flexibility index (Phi) is 4.90. The van der Waals surface area contributed by atoms with E-state index in [1.165, 1.54) is 4.72 Å². The van der Waals surface area contributed by atoms with Gasteiger partial charge in [-0.05, 0) is 6.07 Å². The minimum Gasteiger partial charge on any atom is -0.451 e. The van der Waals surface area contributed by atoms with Crippen LogP contribution in [0.5, 0.6) is 0 Å². The van der Waals surface area contributed by atoms with E-state index < -0.39 is 45.3 Å². The van der Waals surface area contributed by atoms with Gasteiger partial charge >= 0.3 is 0 Å². The minimum absolute atomic E-state index is 0.245. The Labute approximate surface area is 134 Å². The summed E-state index contributed by atoms with van der Waals surface area (Å²) in [5, 5.41) is 6.75. The first-order valence-electron chi connectivity index (χ1n) is 6.16. The van der Waals surface area contributed by atoms with Crippen molar-refractivity contribution in [2.75, 3.05) is 0 Å². The monoisotopic (exact) mass is 360 g/mol. The van der Waals surface area contributed by atoms with Crippen molar-refractivity contribution in [2.24, 2.45) is 5.14 Å². The zero-order chi connectivity index (χ0) is 17.9. The van der Waals surface area contributed by atoms with Gasteiger partial charge < -0.3 is 9.73 Å². The van der Waals surface area contributed by atoms with Crippen LogP contribution in [0.25, 0.3) is 0 Å². The standard InChI is InChI=1S/C12H10F2N4O5S/c13-6-1-2-7(8(14)3-6)10(12(20)18-24(15,21)22)17-11(19)9-4-23-5-16-9/h1-5,10H,(H,17,19)(H,18,20)(H2,15,21,22). The second kappa shape index (κ2) is 6.72. The predicted molar refractivity (Wildman–Crippen MR) is 74.3 cm³/mol. The van der Waals surface area contributed by atoms with Crippen molar-refractivity contribution in [3.63, 3.8) is 0 Å². The van der Waals surface area contributed by atoms with Gasteiger partial charge in [0.1, 0.15) is 23.9 Å². The van der Waals surface area contributed by atoms with Crippen LogP contribution in [0.1, 0.15) is 22.1 Å². The van der Waals surface area contributed by atoms with Gasteiger partial charge in [0.05, 0.1) is 0 Å². The molecule has 9 nitrogen and oxygen atoms in total. The maximum absolute atomic E-state index is 13.9. The molecule has 2 aromatic rings. The molecule has 0 fully saturated rings. The third-order valence-electron chi connectivity index (χ3n) is 2.72. The number of amides is 2. The number of nitrogens with one attached hydrogen (secondary N) is 2. The average molecular weight is 360 g/mol. The number of rotatable bonds is 5. The summed E-state index contributed by atoms with van der Waals surface area (Å²) < 4.78 is 54.9. The highest BCUT2D eigenvalue weighted by atomic mass is 32.2. The maximum Gasteiger partial charge on any atom is 0.298 e. The van der Waals surface area contributed by atoms with Gasteiger partial charge in [0.2, 0.25) is 0 Å². The molecule has 1 unspecified atom stereocenters. The van der Waals surface area contributed by atoms with E-state index in [2.05, 4.69) is 19.9 Å². The molecule has 0 bridgehead atoms. The van der Waals surface area contributed by atoms with Gasteiger partial charge in [0.15, 0.2) is 12.1 Å². The van der Waals surface area contributed by atoms with Crippen molar-refractivity contribution in [3.8, 4) is 0 Å². The van der Waals surface area contributed by atoms with Crippen LogP contribution < -0.4 is 15.2 Å². The van der Waals surface area contributed by atoms with Gasteiger partial charge in [-0.3, -0.25) is 9.59 Å². The van der Waals surface area contributed by atoms with Crippen molar-refractivity contribution in [1.29, 1.82) is 0 Å². The van der Waals surface area contributed by atoms with E-state index in [4.69, 9.17) is 0 Å². The highest BCUT2D eigenvalue weighted by Crippen LogP contribution is 2.19. The van der Waals surface area contributed by atoms with Gasteiger partial charge in [-0.2, -0.15) is 8.42 Å². The van der Waals surface area contributed by atoms with Crippen molar-refractivity contribution in [1.82, 2.24) is 15.0 Å². The summed E-state index contributed by atoms with van der Waals surface area (Å²) in [6, 6.07) is 0.363. The number of hydrogen-bond donors (Lipinski definition) is 3. The Morgan fingerprint density at radius 2 is 2.00 bits per heavy atom. The SMILES string of the molecule is NS(=O)(=O)NC(=O)C(NC(=O)c1cocn1)c1ccc(F)cc1F. The molecule has 128 valence electrons. The average Bonchev–Trinajstić information content (AvgIpc) is 2.97. The van der Waals surface area contributed by atoms with E-state index >= 15 is 0 Å². The molecular weight excluding hydrogens is 350 g/mol. The molecule has 24 heavy (non-hydrogen) atoms. The number of nitrogens with two attached hydrogens (primary N) is 1. The first-order chi connectivity index (χ1) is 11.2. The first kappa shape index (κ1) is 17.5. The highest BCUT2D eigenvalue weighted by molar-refractivity contribution is 7.87. The molecule has 2 amide bonds. The second-order valence-corrected chi connectivity index (χ2v) is 5.75. The quantitative estimate of drug-likeness (QED) is 0.670. The third-order valence-corrected chi connectivity index (χ3v) is 3.20. The second-order valence-electron chi connectivity index (χ2n) is 4.46. The van der Waals surface area contributed by atoms with Crippen LogP contribution in [0, 0.1) is 11.6 Å². The Bertz CT molecular complexity index is 870. The van der Waals surface area contributed by atoms with Crippen LogP contribution in [0.15, 0.2) is 35.3 Å². The van der Waals surface area contributed by atoms with Gasteiger partial charge in [0, 0.05) is 11.6 Å². The van der Waals surface area contributed by atoms with E-state index in [0.717, 1.165) is 24.8 Å². The minimum atomic E-state index is -4.47. The molecule has 1 atom stereocenters. The number of carbonyl (C=O) groups excluding carboxylic acids is 2. The molecule has 0 aliphatic rings. The molecule has 1 aromatic carbocycles. The molecule has 0 saturated carbocycles. The van der Waals surface area contributed by atoms with E-state index in [0.29, 0.717) is 6.07 Å². The van der Waals surface area contributed by atoms with Crippen molar-refractivity contribution >= 4 is 22.0 Å². The lowest BCUT2D eigenvalue weighted by Gasteiger charge is -2.18. The van der Waals surface area contributed by atoms with Crippen LogP contribution in [-0.4, -0.2) is 25.2 Å². The van der Waals surface area contributed by atoms with Crippen LogP contribution in [0.4, 0.5) is 8.78 Å². The van der Waals surface area contributed by atoms with Crippen LogP contribution in [-0.2, 0) is 15.0 Å². The highest BCUT2D eigenvalue weighted by Gasteiger charge is 2.29.